The van der Waals surface area contributed by atoms with Gasteiger partial charge in [-0.15, -0.1) is 11.3 Å². The molecule has 0 bridgehead atoms. The number of fused-ring (bicyclic) bond motifs is 1. The highest BCUT2D eigenvalue weighted by Gasteiger charge is 2.31. The van der Waals surface area contributed by atoms with Gasteiger partial charge in [0.15, 0.2) is 5.82 Å². The molecule has 0 radical (unpaired) electrons. The van der Waals surface area contributed by atoms with Gasteiger partial charge in [0.2, 0.25) is 5.28 Å². The average molecular weight is 295 g/mol. The molecule has 0 spiro atoms. The maximum atomic E-state index is 6.03. The van der Waals surface area contributed by atoms with E-state index in [-0.39, 0.29) is 0 Å². The van der Waals surface area contributed by atoms with Crippen LogP contribution in [-0.4, -0.2) is 47.1 Å². The number of aromatic nitrogens is 2. The van der Waals surface area contributed by atoms with E-state index in [0.29, 0.717) is 5.28 Å². The van der Waals surface area contributed by atoms with Crippen LogP contribution >= 0.6 is 22.9 Å². The molecule has 2 aromatic heterocycles. The second-order valence-electron chi connectivity index (χ2n) is 5.21. The quantitative estimate of drug-likeness (QED) is 0.797. The molecule has 0 aromatic carbocycles. The van der Waals surface area contributed by atoms with E-state index >= 15 is 0 Å². The lowest BCUT2D eigenvalue weighted by atomic mass is 10.3. The fourth-order valence-electron chi connectivity index (χ4n) is 2.77. The summed E-state index contributed by atoms with van der Waals surface area (Å²) in [5.41, 5.74) is 0.963. The highest BCUT2D eigenvalue weighted by molar-refractivity contribution is 7.17. The number of halogens is 1. The molecule has 0 atom stereocenters. The van der Waals surface area contributed by atoms with Crippen LogP contribution < -0.4 is 4.90 Å². The van der Waals surface area contributed by atoms with E-state index in [4.69, 9.17) is 11.6 Å². The number of rotatable bonds is 2. The molecule has 4 nitrogen and oxygen atoms in total. The molecule has 1 saturated heterocycles. The lowest BCUT2D eigenvalue weighted by molar-refractivity contribution is 0.248. The van der Waals surface area contributed by atoms with Gasteiger partial charge in [0, 0.05) is 32.2 Å². The third-order valence-corrected chi connectivity index (χ3v) is 5.00. The van der Waals surface area contributed by atoms with Crippen molar-refractivity contribution in [2.24, 2.45) is 0 Å². The van der Waals surface area contributed by atoms with Gasteiger partial charge in [-0.1, -0.05) is 0 Å². The first kappa shape index (κ1) is 11.9. The summed E-state index contributed by atoms with van der Waals surface area (Å²) in [5.74, 6) is 1.01. The second kappa shape index (κ2) is 4.58. The van der Waals surface area contributed by atoms with Gasteiger partial charge in [-0.3, -0.25) is 4.90 Å². The number of hydrogen-bond donors (Lipinski definition) is 0. The van der Waals surface area contributed by atoms with Gasteiger partial charge >= 0.3 is 0 Å². The van der Waals surface area contributed by atoms with E-state index in [0.717, 1.165) is 48.3 Å². The van der Waals surface area contributed by atoms with Crippen molar-refractivity contribution >= 4 is 39.0 Å². The Balaban J connectivity index is 1.61. The third-order valence-electron chi connectivity index (χ3n) is 3.94. The predicted octanol–water partition coefficient (Wildman–Crippen LogP) is 2.63. The van der Waals surface area contributed by atoms with Crippen LogP contribution in [0, 0.1) is 0 Å². The van der Waals surface area contributed by atoms with Crippen LogP contribution in [-0.2, 0) is 0 Å². The van der Waals surface area contributed by atoms with Crippen LogP contribution in [0.5, 0.6) is 0 Å². The molecule has 2 aromatic rings. The number of nitrogens with zero attached hydrogens (tertiary/aromatic N) is 4. The Kier molecular flexibility index (Phi) is 2.86. The largest absolute Gasteiger partial charge is 0.353 e. The first-order valence-electron chi connectivity index (χ1n) is 6.71. The summed E-state index contributed by atoms with van der Waals surface area (Å²) in [6.45, 7) is 4.35. The van der Waals surface area contributed by atoms with Crippen molar-refractivity contribution in [2.45, 2.75) is 18.9 Å². The van der Waals surface area contributed by atoms with Crippen molar-refractivity contribution < 1.29 is 0 Å². The lowest BCUT2D eigenvalue weighted by Crippen LogP contribution is -2.47. The van der Waals surface area contributed by atoms with Crippen LogP contribution in [0.2, 0.25) is 5.28 Å². The van der Waals surface area contributed by atoms with Crippen molar-refractivity contribution in [3.63, 3.8) is 0 Å². The zero-order valence-corrected chi connectivity index (χ0v) is 12.1. The molecule has 1 saturated carbocycles. The summed E-state index contributed by atoms with van der Waals surface area (Å²) >= 11 is 7.73. The monoisotopic (exact) mass is 294 g/mol. The normalized spacial score (nSPS) is 21.2. The van der Waals surface area contributed by atoms with Crippen molar-refractivity contribution in [2.75, 3.05) is 31.1 Å². The molecule has 1 aliphatic heterocycles. The minimum Gasteiger partial charge on any atom is -0.353 e. The fourth-order valence-corrected chi connectivity index (χ4v) is 3.79. The minimum absolute atomic E-state index is 0.352. The van der Waals surface area contributed by atoms with Crippen LogP contribution in [0.25, 0.3) is 10.2 Å². The second-order valence-corrected chi connectivity index (χ2v) is 6.46. The minimum atomic E-state index is 0.352. The topological polar surface area (TPSA) is 32.3 Å². The maximum Gasteiger partial charge on any atom is 0.224 e. The molecular weight excluding hydrogens is 280 g/mol. The van der Waals surface area contributed by atoms with Gasteiger partial charge in [-0.05, 0) is 35.9 Å². The summed E-state index contributed by atoms with van der Waals surface area (Å²) in [5, 5.41) is 2.41. The van der Waals surface area contributed by atoms with E-state index in [1.807, 2.05) is 6.07 Å². The number of thiophene rings is 1. The fraction of sp³-hybridized carbons (Fsp3) is 0.538. The van der Waals surface area contributed by atoms with E-state index < -0.39 is 0 Å². The molecule has 2 aliphatic rings. The molecule has 100 valence electrons. The molecule has 0 amide bonds. The van der Waals surface area contributed by atoms with Gasteiger partial charge in [0.1, 0.15) is 0 Å². The summed E-state index contributed by atoms with van der Waals surface area (Å²) in [6, 6.07) is 2.87. The lowest BCUT2D eigenvalue weighted by Gasteiger charge is -2.35. The SMILES string of the molecule is Clc1nc(N2CCN(C3CC3)CC2)c2sccc2n1. The number of piperazine rings is 1. The molecule has 0 N–H and O–H groups in total. The number of hydrogen-bond acceptors (Lipinski definition) is 5. The van der Waals surface area contributed by atoms with Gasteiger partial charge in [-0.2, -0.15) is 4.98 Å². The summed E-state index contributed by atoms with van der Waals surface area (Å²) in [7, 11) is 0. The van der Waals surface area contributed by atoms with E-state index in [1.54, 1.807) is 11.3 Å². The Morgan fingerprint density at radius 3 is 2.68 bits per heavy atom. The van der Waals surface area contributed by atoms with E-state index in [1.165, 1.54) is 12.8 Å². The first-order valence-corrected chi connectivity index (χ1v) is 7.97. The van der Waals surface area contributed by atoms with Crippen molar-refractivity contribution in [1.82, 2.24) is 14.9 Å². The smallest absolute Gasteiger partial charge is 0.224 e. The number of anilines is 1. The highest BCUT2D eigenvalue weighted by Crippen LogP contribution is 2.32. The standard InChI is InChI=1S/C13H15ClN4S/c14-13-15-10-3-8-19-11(10)12(16-13)18-6-4-17(5-7-18)9-1-2-9/h3,8-9H,1-2,4-7H2. The summed E-state index contributed by atoms with van der Waals surface area (Å²) in [4.78, 5) is 13.7. The molecule has 4 rings (SSSR count). The van der Waals surface area contributed by atoms with Crippen LogP contribution in [0.15, 0.2) is 11.4 Å². The van der Waals surface area contributed by atoms with Crippen LogP contribution in [0.4, 0.5) is 5.82 Å². The molecule has 0 unspecified atom stereocenters. The average Bonchev–Trinajstić information content (AvgIpc) is 3.17. The van der Waals surface area contributed by atoms with Crippen molar-refractivity contribution in [1.29, 1.82) is 0 Å². The Morgan fingerprint density at radius 2 is 1.95 bits per heavy atom. The van der Waals surface area contributed by atoms with Crippen LogP contribution in [0.1, 0.15) is 12.8 Å². The Morgan fingerprint density at radius 1 is 1.16 bits per heavy atom. The van der Waals surface area contributed by atoms with Gasteiger partial charge in [0.05, 0.1) is 10.2 Å². The maximum absolute atomic E-state index is 6.03. The van der Waals surface area contributed by atoms with Crippen molar-refractivity contribution in [3.8, 4) is 0 Å². The van der Waals surface area contributed by atoms with E-state index in [2.05, 4.69) is 25.1 Å². The molecular formula is C13H15ClN4S. The van der Waals surface area contributed by atoms with Gasteiger partial charge in [-0.25, -0.2) is 4.98 Å². The van der Waals surface area contributed by atoms with Crippen molar-refractivity contribution in [3.05, 3.63) is 16.7 Å². The molecule has 6 heteroatoms. The van der Waals surface area contributed by atoms with Gasteiger partial charge < -0.3 is 4.90 Å². The van der Waals surface area contributed by atoms with Gasteiger partial charge in [0.25, 0.3) is 0 Å². The molecule has 3 heterocycles. The molecule has 19 heavy (non-hydrogen) atoms. The third kappa shape index (κ3) is 2.20. The van der Waals surface area contributed by atoms with E-state index in [9.17, 15) is 0 Å². The highest BCUT2D eigenvalue weighted by atomic mass is 35.5. The molecule has 1 aliphatic carbocycles. The zero-order valence-electron chi connectivity index (χ0n) is 10.5. The summed E-state index contributed by atoms with van der Waals surface area (Å²) in [6.07, 6.45) is 2.77. The van der Waals surface area contributed by atoms with Crippen LogP contribution in [0.3, 0.4) is 0 Å². The summed E-state index contributed by atoms with van der Waals surface area (Å²) < 4.78 is 1.16. The zero-order chi connectivity index (χ0) is 12.8. The molecule has 2 fully saturated rings. The first-order chi connectivity index (χ1) is 9.31. The Bertz CT molecular complexity index is 602. The Labute approximate surface area is 121 Å². The predicted molar refractivity (Wildman–Crippen MR) is 79.2 cm³/mol. The Hall–Kier alpha value is -0.910.